The van der Waals surface area contributed by atoms with Gasteiger partial charge in [-0.3, -0.25) is 4.72 Å². The summed E-state index contributed by atoms with van der Waals surface area (Å²) in [6.45, 7) is 1.80. The number of para-hydroxylation sites is 1. The Hall–Kier alpha value is -2.03. The normalized spacial score (nSPS) is 11.1. The number of halogens is 3. The lowest BCUT2D eigenvalue weighted by Gasteiger charge is -2.16. The summed E-state index contributed by atoms with van der Waals surface area (Å²) in [6, 6.07) is 16.5. The van der Waals surface area contributed by atoms with Gasteiger partial charge < -0.3 is 10.6 Å². The molecule has 30 heavy (non-hydrogen) atoms. The molecule has 0 aromatic heterocycles. The van der Waals surface area contributed by atoms with Crippen molar-refractivity contribution in [1.29, 1.82) is 0 Å². The highest BCUT2D eigenvalue weighted by atomic mass is 35.5. The number of sulfonamides is 1. The van der Waals surface area contributed by atoms with Crippen LogP contribution in [0.15, 0.2) is 65.6 Å². The lowest BCUT2D eigenvalue weighted by Crippen LogP contribution is -2.22. The van der Waals surface area contributed by atoms with Crippen LogP contribution in [0.2, 0.25) is 15.1 Å². The van der Waals surface area contributed by atoms with Gasteiger partial charge in [0.2, 0.25) is 0 Å². The van der Waals surface area contributed by atoms with E-state index in [1.807, 2.05) is 0 Å². The molecule has 0 heterocycles. The minimum absolute atomic E-state index is 0.0284. The second-order valence-corrected chi connectivity index (χ2v) is 9.57. The summed E-state index contributed by atoms with van der Waals surface area (Å²) < 4.78 is 28.6. The molecule has 3 rings (SSSR count). The van der Waals surface area contributed by atoms with Gasteiger partial charge in [-0.15, -0.1) is 0 Å². The fraction of sp³-hybridized carbons (Fsp3) is 0.0500. The third-order valence-electron chi connectivity index (χ3n) is 3.97. The predicted octanol–water partition coefficient (Wildman–Crippen LogP) is 6.56. The molecular weight excluding hydrogens is 485 g/mol. The van der Waals surface area contributed by atoms with Crippen LogP contribution in [0.3, 0.4) is 0 Å². The minimum atomic E-state index is -3.94. The highest BCUT2D eigenvalue weighted by Crippen LogP contribution is 2.29. The topological polar surface area (TPSA) is 70.2 Å². The SMILES string of the molecule is Cc1ccc(NC(=S)Nc2ccc(Cl)c(Cl)c2)c(S(=O)(=O)Nc2ccccc2Cl)c1. The lowest BCUT2D eigenvalue weighted by atomic mass is 10.2. The van der Waals surface area contributed by atoms with Gasteiger partial charge in [0.05, 0.1) is 26.4 Å². The van der Waals surface area contributed by atoms with Crippen LogP contribution >= 0.6 is 47.0 Å². The number of aryl methyl sites for hydroxylation is 1. The zero-order valence-corrected chi connectivity index (χ0v) is 19.4. The Balaban J connectivity index is 1.86. The standard InChI is InChI=1S/C20H16Cl3N3O2S2/c1-12-6-9-18(25-20(29)24-13-7-8-14(21)16(23)11-13)19(10-12)30(27,28)26-17-5-3-2-4-15(17)22/h2-11,26H,1H3,(H2,24,25,29). The highest BCUT2D eigenvalue weighted by molar-refractivity contribution is 7.93. The monoisotopic (exact) mass is 499 g/mol. The van der Waals surface area contributed by atoms with E-state index in [0.717, 1.165) is 5.56 Å². The van der Waals surface area contributed by atoms with E-state index in [1.165, 1.54) is 0 Å². The Morgan fingerprint density at radius 3 is 2.27 bits per heavy atom. The van der Waals surface area contributed by atoms with Crippen molar-refractivity contribution in [1.82, 2.24) is 0 Å². The first-order valence-electron chi connectivity index (χ1n) is 8.57. The summed E-state index contributed by atoms with van der Waals surface area (Å²) in [7, 11) is -3.94. The first-order valence-corrected chi connectivity index (χ1v) is 11.6. The molecule has 0 aliphatic carbocycles. The first kappa shape index (κ1) is 22.7. The van der Waals surface area contributed by atoms with E-state index < -0.39 is 10.0 Å². The molecular formula is C20H16Cl3N3O2S2. The third kappa shape index (κ3) is 5.56. The molecule has 0 aliphatic rings. The van der Waals surface area contributed by atoms with Crippen molar-refractivity contribution in [2.24, 2.45) is 0 Å². The maximum atomic E-state index is 13.0. The highest BCUT2D eigenvalue weighted by Gasteiger charge is 2.21. The van der Waals surface area contributed by atoms with Gasteiger partial charge in [-0.05, 0) is 67.2 Å². The van der Waals surface area contributed by atoms with E-state index in [1.54, 1.807) is 67.6 Å². The summed E-state index contributed by atoms with van der Waals surface area (Å²) in [5.41, 5.74) is 1.96. The van der Waals surface area contributed by atoms with Gasteiger partial charge in [0.15, 0.2) is 5.11 Å². The van der Waals surface area contributed by atoms with Gasteiger partial charge in [0.25, 0.3) is 10.0 Å². The van der Waals surface area contributed by atoms with E-state index >= 15 is 0 Å². The van der Waals surface area contributed by atoms with Gasteiger partial charge in [-0.1, -0.05) is 53.0 Å². The zero-order valence-electron chi connectivity index (χ0n) is 15.5. The van der Waals surface area contributed by atoms with E-state index in [4.69, 9.17) is 47.0 Å². The summed E-state index contributed by atoms with van der Waals surface area (Å²) in [5, 5.41) is 7.13. The van der Waals surface area contributed by atoms with Gasteiger partial charge in [-0.2, -0.15) is 0 Å². The smallest absolute Gasteiger partial charge is 0.264 e. The van der Waals surface area contributed by atoms with Crippen LogP contribution in [0.4, 0.5) is 17.1 Å². The molecule has 0 saturated heterocycles. The molecule has 0 spiro atoms. The fourth-order valence-corrected chi connectivity index (χ4v) is 4.65. The minimum Gasteiger partial charge on any atom is -0.332 e. The van der Waals surface area contributed by atoms with Crippen LogP contribution in [0.5, 0.6) is 0 Å². The second kappa shape index (κ2) is 9.41. The molecule has 0 fully saturated rings. The van der Waals surface area contributed by atoms with Crippen molar-refractivity contribution in [3.8, 4) is 0 Å². The molecule has 3 aromatic carbocycles. The molecule has 156 valence electrons. The Morgan fingerprint density at radius 1 is 0.833 bits per heavy atom. The van der Waals surface area contributed by atoms with Crippen molar-refractivity contribution in [2.45, 2.75) is 11.8 Å². The second-order valence-electron chi connectivity index (χ2n) is 6.29. The Kier molecular flexibility index (Phi) is 7.10. The predicted molar refractivity (Wildman–Crippen MR) is 130 cm³/mol. The lowest BCUT2D eigenvalue weighted by molar-refractivity contribution is 0.601. The van der Waals surface area contributed by atoms with Crippen molar-refractivity contribution < 1.29 is 8.42 Å². The maximum absolute atomic E-state index is 13.0. The van der Waals surface area contributed by atoms with Crippen LogP contribution < -0.4 is 15.4 Å². The van der Waals surface area contributed by atoms with Crippen LogP contribution in [0, 0.1) is 6.92 Å². The number of hydrogen-bond acceptors (Lipinski definition) is 3. The van der Waals surface area contributed by atoms with E-state index in [2.05, 4.69) is 15.4 Å². The van der Waals surface area contributed by atoms with Crippen LogP contribution in [-0.4, -0.2) is 13.5 Å². The van der Waals surface area contributed by atoms with Gasteiger partial charge in [0, 0.05) is 5.69 Å². The first-order chi connectivity index (χ1) is 14.2. The molecule has 0 radical (unpaired) electrons. The number of benzene rings is 3. The summed E-state index contributed by atoms with van der Waals surface area (Å²) in [5.74, 6) is 0. The van der Waals surface area contributed by atoms with Crippen molar-refractivity contribution in [2.75, 3.05) is 15.4 Å². The summed E-state index contributed by atoms with van der Waals surface area (Å²) in [6.07, 6.45) is 0. The van der Waals surface area contributed by atoms with Gasteiger partial charge in [-0.25, -0.2) is 8.42 Å². The largest absolute Gasteiger partial charge is 0.332 e. The van der Waals surface area contributed by atoms with Crippen molar-refractivity contribution >= 4 is 79.2 Å². The Morgan fingerprint density at radius 2 is 1.57 bits per heavy atom. The number of anilines is 3. The average molecular weight is 501 g/mol. The van der Waals surface area contributed by atoms with E-state index in [0.29, 0.717) is 26.4 Å². The maximum Gasteiger partial charge on any atom is 0.264 e. The van der Waals surface area contributed by atoms with Gasteiger partial charge in [0.1, 0.15) is 4.90 Å². The zero-order chi connectivity index (χ0) is 21.9. The molecule has 0 atom stereocenters. The molecule has 0 aliphatic heterocycles. The van der Waals surface area contributed by atoms with Crippen LogP contribution in [0.25, 0.3) is 0 Å². The molecule has 3 aromatic rings. The molecule has 3 N–H and O–H groups in total. The average Bonchev–Trinajstić information content (AvgIpc) is 2.68. The van der Waals surface area contributed by atoms with Gasteiger partial charge >= 0.3 is 0 Å². The number of thiocarbonyl (C=S) groups is 1. The number of nitrogens with one attached hydrogen (secondary N) is 3. The van der Waals surface area contributed by atoms with Crippen molar-refractivity contribution in [3.05, 3.63) is 81.3 Å². The van der Waals surface area contributed by atoms with Crippen molar-refractivity contribution in [3.63, 3.8) is 0 Å². The quantitative estimate of drug-likeness (QED) is 0.346. The summed E-state index contributed by atoms with van der Waals surface area (Å²) in [4.78, 5) is 0.0284. The molecule has 5 nitrogen and oxygen atoms in total. The van der Waals surface area contributed by atoms with E-state index in [-0.39, 0.29) is 15.7 Å². The summed E-state index contributed by atoms with van der Waals surface area (Å²) >= 11 is 23.4. The molecule has 0 saturated carbocycles. The molecule has 0 unspecified atom stereocenters. The van der Waals surface area contributed by atoms with E-state index in [9.17, 15) is 8.42 Å². The number of hydrogen-bond donors (Lipinski definition) is 3. The third-order valence-corrected chi connectivity index (χ3v) is 6.65. The fourth-order valence-electron chi connectivity index (χ4n) is 2.56. The molecule has 0 amide bonds. The Labute approximate surface area is 195 Å². The molecule has 10 heteroatoms. The van der Waals surface area contributed by atoms with Crippen LogP contribution in [-0.2, 0) is 10.0 Å². The molecule has 0 bridgehead atoms. The van der Waals surface area contributed by atoms with Crippen LogP contribution in [0.1, 0.15) is 5.56 Å². The number of rotatable bonds is 5. The Bertz CT molecular complexity index is 1220.